The number of fused-ring (bicyclic) bond motifs is 4. The second-order valence-electron chi connectivity index (χ2n) is 9.91. The van der Waals surface area contributed by atoms with Crippen molar-refractivity contribution >= 4 is 16.7 Å². The van der Waals surface area contributed by atoms with Crippen LogP contribution in [0.2, 0.25) is 0 Å². The van der Waals surface area contributed by atoms with Gasteiger partial charge in [0.15, 0.2) is 5.78 Å². The Morgan fingerprint density at radius 1 is 1.18 bits per heavy atom. The van der Waals surface area contributed by atoms with Gasteiger partial charge in [-0.2, -0.15) is 10.4 Å². The van der Waals surface area contributed by atoms with Crippen molar-refractivity contribution in [2.24, 2.45) is 0 Å². The Balaban J connectivity index is 1.66. The molecule has 1 aliphatic carbocycles. The Morgan fingerprint density at radius 3 is 2.68 bits per heavy atom. The van der Waals surface area contributed by atoms with E-state index in [9.17, 15) is 10.1 Å². The molecule has 5 rings (SSSR count). The Bertz CT molecular complexity index is 1480. The zero-order valence-corrected chi connectivity index (χ0v) is 20.4. The molecule has 6 heteroatoms. The Morgan fingerprint density at radius 2 is 1.97 bits per heavy atom. The predicted molar refractivity (Wildman–Crippen MR) is 134 cm³/mol. The third-order valence-corrected chi connectivity index (χ3v) is 7.04. The van der Waals surface area contributed by atoms with E-state index in [0.717, 1.165) is 69.5 Å². The summed E-state index contributed by atoms with van der Waals surface area (Å²) in [5.41, 5.74) is 7.78. The van der Waals surface area contributed by atoms with E-state index in [-0.39, 0.29) is 5.78 Å². The van der Waals surface area contributed by atoms with Crippen LogP contribution in [0, 0.1) is 11.3 Å². The molecule has 0 aliphatic heterocycles. The monoisotopic (exact) mass is 451 g/mol. The largest absolute Gasteiger partial charge is 0.357 e. The summed E-state index contributed by atoms with van der Waals surface area (Å²) in [7, 11) is 4.11. The first-order chi connectivity index (χ1) is 16.2. The van der Waals surface area contributed by atoms with Crippen molar-refractivity contribution in [2.75, 3.05) is 20.6 Å². The van der Waals surface area contributed by atoms with Gasteiger partial charge in [-0.3, -0.25) is 9.48 Å². The van der Waals surface area contributed by atoms with Crippen LogP contribution in [0.4, 0.5) is 0 Å². The topological polar surface area (TPSA) is 77.7 Å². The fraction of sp³-hybridized carbons (Fsp3) is 0.321. The van der Waals surface area contributed by atoms with Gasteiger partial charge in [-0.15, -0.1) is 0 Å². The van der Waals surface area contributed by atoms with Crippen LogP contribution in [0.15, 0.2) is 42.7 Å². The lowest BCUT2D eigenvalue weighted by molar-refractivity contribution is 0.103. The van der Waals surface area contributed by atoms with Crippen molar-refractivity contribution < 1.29 is 4.79 Å². The number of benzene rings is 2. The molecule has 0 unspecified atom stereocenters. The second kappa shape index (κ2) is 7.96. The maximum Gasteiger partial charge on any atom is 0.195 e. The first-order valence-electron chi connectivity index (χ1n) is 11.7. The summed E-state index contributed by atoms with van der Waals surface area (Å²) in [6, 6.07) is 12.0. The maximum absolute atomic E-state index is 13.8. The van der Waals surface area contributed by atoms with E-state index in [1.165, 1.54) is 0 Å². The van der Waals surface area contributed by atoms with E-state index in [4.69, 9.17) is 0 Å². The van der Waals surface area contributed by atoms with E-state index in [2.05, 4.69) is 74.2 Å². The highest BCUT2D eigenvalue weighted by molar-refractivity contribution is 6.20. The van der Waals surface area contributed by atoms with Gasteiger partial charge in [0.1, 0.15) is 0 Å². The van der Waals surface area contributed by atoms with Crippen LogP contribution in [0.3, 0.4) is 0 Å². The molecule has 0 fully saturated rings. The molecule has 0 bridgehead atoms. The number of likely N-dealkylation sites (N-methyl/N-ethyl adjacent to an activating group) is 1. The highest BCUT2D eigenvalue weighted by Crippen LogP contribution is 2.45. The molecule has 4 aromatic rings. The van der Waals surface area contributed by atoms with Gasteiger partial charge in [0.2, 0.25) is 0 Å². The number of aryl methyl sites for hydroxylation is 1. The van der Waals surface area contributed by atoms with Crippen molar-refractivity contribution in [3.05, 3.63) is 76.2 Å². The van der Waals surface area contributed by atoms with E-state index >= 15 is 0 Å². The molecule has 1 N–H and O–H groups in total. The van der Waals surface area contributed by atoms with Crippen LogP contribution in [-0.4, -0.2) is 46.1 Å². The van der Waals surface area contributed by atoms with Gasteiger partial charge in [-0.1, -0.05) is 26.8 Å². The second-order valence-corrected chi connectivity index (χ2v) is 9.91. The summed E-state index contributed by atoms with van der Waals surface area (Å²) in [4.78, 5) is 19.4. The fourth-order valence-corrected chi connectivity index (χ4v) is 5.08. The molecular formula is C28H29N5O. The average molecular weight is 452 g/mol. The zero-order valence-electron chi connectivity index (χ0n) is 20.4. The van der Waals surface area contributed by atoms with Crippen molar-refractivity contribution in [1.82, 2.24) is 19.7 Å². The van der Waals surface area contributed by atoms with Crippen LogP contribution in [0.5, 0.6) is 0 Å². The number of hydrogen-bond donors (Lipinski definition) is 1. The van der Waals surface area contributed by atoms with Crippen LogP contribution in [0.1, 0.15) is 59.1 Å². The van der Waals surface area contributed by atoms with E-state index < -0.39 is 5.41 Å². The number of nitrogens with one attached hydrogen (secondary N) is 1. The van der Waals surface area contributed by atoms with Gasteiger partial charge in [-0.25, -0.2) is 0 Å². The van der Waals surface area contributed by atoms with Crippen molar-refractivity contribution in [3.8, 4) is 17.2 Å². The number of H-pyrrole nitrogens is 1. The molecule has 0 saturated carbocycles. The van der Waals surface area contributed by atoms with Gasteiger partial charge in [0.05, 0.1) is 29.9 Å². The summed E-state index contributed by atoms with van der Waals surface area (Å²) in [5.74, 6) is 0.0446. The number of hydrogen-bond acceptors (Lipinski definition) is 4. The zero-order chi connectivity index (χ0) is 24.2. The minimum Gasteiger partial charge on any atom is -0.357 e. The summed E-state index contributed by atoms with van der Waals surface area (Å²) < 4.78 is 1.98. The van der Waals surface area contributed by atoms with Gasteiger partial charge < -0.3 is 9.88 Å². The molecule has 0 amide bonds. The molecule has 0 atom stereocenters. The number of ketones is 1. The fourth-order valence-electron chi connectivity index (χ4n) is 5.08. The van der Waals surface area contributed by atoms with E-state index in [1.807, 2.05) is 23.0 Å². The number of carbonyl (C=O) groups is 1. The molecule has 34 heavy (non-hydrogen) atoms. The van der Waals surface area contributed by atoms with E-state index in [0.29, 0.717) is 5.56 Å². The molecule has 172 valence electrons. The van der Waals surface area contributed by atoms with E-state index in [1.54, 1.807) is 6.07 Å². The molecule has 0 radical (unpaired) electrons. The number of rotatable bonds is 5. The van der Waals surface area contributed by atoms with Crippen LogP contribution >= 0.6 is 0 Å². The van der Waals surface area contributed by atoms with Gasteiger partial charge >= 0.3 is 0 Å². The normalized spacial score (nSPS) is 14.3. The Labute approximate surface area is 199 Å². The van der Waals surface area contributed by atoms with Crippen molar-refractivity contribution in [2.45, 2.75) is 39.2 Å². The smallest absolute Gasteiger partial charge is 0.195 e. The molecule has 0 saturated heterocycles. The standard InChI is InChI=1S/C28H29N5O/c1-6-18-12-22-23(13-21(18)19-15-30-33(16-19)10-9-32(4)5)28(2,3)27-25(26(22)34)20-8-7-17(14-29)11-24(20)31-27/h7-8,11-13,15-16,31H,6,9-10H2,1-5H3. The van der Waals surface area contributed by atoms with Gasteiger partial charge in [-0.05, 0) is 61.5 Å². The minimum atomic E-state index is -0.396. The third-order valence-electron chi connectivity index (χ3n) is 7.04. The highest BCUT2D eigenvalue weighted by atomic mass is 16.1. The Kier molecular flexibility index (Phi) is 5.18. The first-order valence-corrected chi connectivity index (χ1v) is 11.7. The van der Waals surface area contributed by atoms with Crippen molar-refractivity contribution in [1.29, 1.82) is 5.26 Å². The lowest BCUT2D eigenvalue weighted by Crippen LogP contribution is -2.30. The summed E-state index contributed by atoms with van der Waals surface area (Å²) >= 11 is 0. The van der Waals surface area contributed by atoms with Gasteiger partial charge in [0, 0.05) is 45.9 Å². The molecule has 2 heterocycles. The molecular weight excluding hydrogens is 422 g/mol. The summed E-state index contributed by atoms with van der Waals surface area (Å²) in [5, 5.41) is 14.8. The average Bonchev–Trinajstić information content (AvgIpc) is 3.45. The molecule has 1 aliphatic rings. The molecule has 6 nitrogen and oxygen atoms in total. The van der Waals surface area contributed by atoms with Gasteiger partial charge in [0.25, 0.3) is 0 Å². The number of aromatic amines is 1. The first kappa shape index (κ1) is 22.1. The SMILES string of the molecule is CCc1cc2c(cc1-c1cnn(CCN(C)C)c1)C(C)(C)c1[nH]c3cc(C#N)ccc3c1C2=O. The number of aromatic nitrogens is 3. The number of nitrogens with zero attached hydrogens (tertiary/aromatic N) is 4. The van der Waals surface area contributed by atoms with Crippen LogP contribution in [0.25, 0.3) is 22.0 Å². The third kappa shape index (κ3) is 3.36. The van der Waals surface area contributed by atoms with Crippen LogP contribution in [-0.2, 0) is 18.4 Å². The minimum absolute atomic E-state index is 0.0446. The lowest BCUT2D eigenvalue weighted by atomic mass is 9.70. The maximum atomic E-state index is 13.8. The molecule has 0 spiro atoms. The predicted octanol–water partition coefficient (Wildman–Crippen LogP) is 4.90. The Hall–Kier alpha value is -3.69. The highest BCUT2D eigenvalue weighted by Gasteiger charge is 2.40. The summed E-state index contributed by atoms with van der Waals surface area (Å²) in [6.45, 7) is 8.19. The molecule has 2 aromatic carbocycles. The molecule has 2 aromatic heterocycles. The quantitative estimate of drug-likeness (QED) is 0.468. The number of nitriles is 1. The van der Waals surface area contributed by atoms with Crippen molar-refractivity contribution in [3.63, 3.8) is 0 Å². The van der Waals surface area contributed by atoms with Crippen LogP contribution < -0.4 is 0 Å². The number of carbonyl (C=O) groups excluding carboxylic acids is 1. The summed E-state index contributed by atoms with van der Waals surface area (Å²) in [6.07, 6.45) is 4.84. The lowest BCUT2D eigenvalue weighted by Gasteiger charge is -2.33.